The quantitative estimate of drug-likeness (QED) is 0.657. The van der Waals surface area contributed by atoms with E-state index in [1.165, 1.54) is 0 Å². The first kappa shape index (κ1) is 15.5. The molecule has 5 nitrogen and oxygen atoms in total. The predicted molar refractivity (Wildman–Crippen MR) is 92.6 cm³/mol. The summed E-state index contributed by atoms with van der Waals surface area (Å²) in [7, 11) is 6.06. The van der Waals surface area contributed by atoms with Crippen molar-refractivity contribution < 1.29 is 4.74 Å². The molecule has 0 unspecified atom stereocenters. The van der Waals surface area contributed by atoms with Crippen LogP contribution in [0.3, 0.4) is 0 Å². The first-order valence-electron chi connectivity index (χ1n) is 7.81. The number of hydrogen-bond acceptors (Lipinski definition) is 4. The molecule has 0 amide bonds. The Kier molecular flexibility index (Phi) is 4.57. The normalized spacial score (nSPS) is 11.3. The van der Waals surface area contributed by atoms with Crippen LogP contribution >= 0.6 is 0 Å². The topological polar surface area (TPSA) is 43.2 Å². The van der Waals surface area contributed by atoms with Crippen molar-refractivity contribution in [2.24, 2.45) is 7.05 Å². The second-order valence-electron chi connectivity index (χ2n) is 5.88. The molecule has 0 N–H and O–H groups in total. The molecule has 120 valence electrons. The average Bonchev–Trinajstić information content (AvgIpc) is 2.90. The third kappa shape index (κ3) is 3.51. The van der Waals surface area contributed by atoms with Gasteiger partial charge in [0.05, 0.1) is 6.61 Å². The van der Waals surface area contributed by atoms with Gasteiger partial charge >= 0.3 is 0 Å². The van der Waals surface area contributed by atoms with Gasteiger partial charge in [-0.3, -0.25) is 0 Å². The molecule has 0 saturated heterocycles. The van der Waals surface area contributed by atoms with E-state index in [0.29, 0.717) is 0 Å². The van der Waals surface area contributed by atoms with Gasteiger partial charge in [-0.2, -0.15) is 5.10 Å². The highest BCUT2D eigenvalue weighted by molar-refractivity contribution is 5.91. The van der Waals surface area contributed by atoms with Crippen LogP contribution in [0.4, 0.5) is 0 Å². The molecule has 2 aromatic heterocycles. The minimum Gasteiger partial charge on any atom is -0.494 e. The zero-order valence-corrected chi connectivity index (χ0v) is 13.9. The van der Waals surface area contributed by atoms with Crippen LogP contribution in [0, 0.1) is 0 Å². The molecule has 0 bridgehead atoms. The summed E-state index contributed by atoms with van der Waals surface area (Å²) in [6.45, 7) is 1.76. The third-order valence-electron chi connectivity index (χ3n) is 3.74. The molecule has 1 aromatic carbocycles. The average molecular weight is 310 g/mol. The van der Waals surface area contributed by atoms with Crippen molar-refractivity contribution in [3.63, 3.8) is 0 Å². The first-order valence-corrected chi connectivity index (χ1v) is 7.81. The van der Waals surface area contributed by atoms with Gasteiger partial charge in [-0.05, 0) is 56.9 Å². The maximum absolute atomic E-state index is 5.78. The maximum atomic E-state index is 5.78. The van der Waals surface area contributed by atoms with Gasteiger partial charge in [0.25, 0.3) is 0 Å². The number of ether oxygens (including phenoxy) is 1. The SMILES string of the molecule is CN(C)CCCOc1ccc(-c2nn(C)c3ncccc23)cc1. The first-order chi connectivity index (χ1) is 11.1. The number of hydrogen-bond donors (Lipinski definition) is 0. The van der Waals surface area contributed by atoms with Gasteiger partial charge in [-0.15, -0.1) is 0 Å². The third-order valence-corrected chi connectivity index (χ3v) is 3.74. The summed E-state index contributed by atoms with van der Waals surface area (Å²) in [5.74, 6) is 0.894. The Labute approximate surface area is 136 Å². The van der Waals surface area contributed by atoms with Crippen LogP contribution in [0.15, 0.2) is 42.6 Å². The molecule has 0 saturated carbocycles. The highest BCUT2D eigenvalue weighted by atomic mass is 16.5. The van der Waals surface area contributed by atoms with E-state index < -0.39 is 0 Å². The van der Waals surface area contributed by atoms with Gasteiger partial charge in [0.2, 0.25) is 0 Å². The van der Waals surface area contributed by atoms with Crippen molar-refractivity contribution in [3.05, 3.63) is 42.6 Å². The molecule has 2 heterocycles. The zero-order valence-electron chi connectivity index (χ0n) is 13.9. The van der Waals surface area contributed by atoms with E-state index in [2.05, 4.69) is 47.3 Å². The zero-order chi connectivity index (χ0) is 16.2. The van der Waals surface area contributed by atoms with E-state index in [9.17, 15) is 0 Å². The van der Waals surface area contributed by atoms with Crippen LogP contribution in [0.25, 0.3) is 22.3 Å². The lowest BCUT2D eigenvalue weighted by Gasteiger charge is -2.10. The van der Waals surface area contributed by atoms with Gasteiger partial charge in [-0.25, -0.2) is 9.67 Å². The number of nitrogens with zero attached hydrogens (tertiary/aromatic N) is 4. The molecule has 0 atom stereocenters. The second-order valence-corrected chi connectivity index (χ2v) is 5.88. The highest BCUT2D eigenvalue weighted by Crippen LogP contribution is 2.27. The van der Waals surface area contributed by atoms with Crippen molar-refractivity contribution in [2.45, 2.75) is 6.42 Å². The fraction of sp³-hybridized carbons (Fsp3) is 0.333. The van der Waals surface area contributed by atoms with Gasteiger partial charge in [0, 0.05) is 30.7 Å². The number of aromatic nitrogens is 3. The van der Waals surface area contributed by atoms with Crippen LogP contribution in [0.5, 0.6) is 5.75 Å². The molecule has 0 radical (unpaired) electrons. The van der Waals surface area contributed by atoms with E-state index in [1.54, 1.807) is 6.20 Å². The molecule has 5 heteroatoms. The van der Waals surface area contributed by atoms with Gasteiger partial charge in [-0.1, -0.05) is 0 Å². The minimum absolute atomic E-state index is 0.730. The lowest BCUT2D eigenvalue weighted by molar-refractivity contribution is 0.281. The number of pyridine rings is 1. The van der Waals surface area contributed by atoms with Crippen LogP contribution < -0.4 is 4.74 Å². The molecular formula is C18H22N4O. The number of rotatable bonds is 6. The van der Waals surface area contributed by atoms with Crippen molar-refractivity contribution in [3.8, 4) is 17.0 Å². The fourth-order valence-corrected chi connectivity index (χ4v) is 2.58. The van der Waals surface area contributed by atoms with E-state index in [0.717, 1.165) is 47.6 Å². The van der Waals surface area contributed by atoms with Crippen molar-refractivity contribution in [2.75, 3.05) is 27.2 Å². The Hall–Kier alpha value is -2.40. The van der Waals surface area contributed by atoms with E-state index >= 15 is 0 Å². The molecule has 0 fully saturated rings. The lowest BCUT2D eigenvalue weighted by Crippen LogP contribution is -2.15. The van der Waals surface area contributed by atoms with Crippen molar-refractivity contribution in [1.82, 2.24) is 19.7 Å². The summed E-state index contributed by atoms with van der Waals surface area (Å²) < 4.78 is 7.59. The molecule has 0 aliphatic carbocycles. The largest absolute Gasteiger partial charge is 0.494 e. The monoisotopic (exact) mass is 310 g/mol. The number of aryl methyl sites for hydroxylation is 1. The Morgan fingerprint density at radius 1 is 1.13 bits per heavy atom. The van der Waals surface area contributed by atoms with Crippen LogP contribution in [-0.2, 0) is 7.05 Å². The molecule has 3 aromatic rings. The second kappa shape index (κ2) is 6.79. The Bertz CT molecular complexity index is 777. The predicted octanol–water partition coefficient (Wildman–Crippen LogP) is 2.97. The smallest absolute Gasteiger partial charge is 0.158 e. The lowest BCUT2D eigenvalue weighted by atomic mass is 10.1. The summed E-state index contributed by atoms with van der Waals surface area (Å²) in [4.78, 5) is 6.54. The maximum Gasteiger partial charge on any atom is 0.158 e. The number of benzene rings is 1. The summed E-state index contributed by atoms with van der Waals surface area (Å²) in [6.07, 6.45) is 2.81. The summed E-state index contributed by atoms with van der Waals surface area (Å²) in [5, 5.41) is 5.66. The Morgan fingerprint density at radius 2 is 1.91 bits per heavy atom. The Morgan fingerprint density at radius 3 is 2.65 bits per heavy atom. The summed E-state index contributed by atoms with van der Waals surface area (Å²) in [5.41, 5.74) is 2.92. The van der Waals surface area contributed by atoms with Gasteiger partial charge in [0.1, 0.15) is 11.4 Å². The molecule has 23 heavy (non-hydrogen) atoms. The number of fused-ring (bicyclic) bond motifs is 1. The van der Waals surface area contributed by atoms with Gasteiger partial charge < -0.3 is 9.64 Å². The van der Waals surface area contributed by atoms with Crippen LogP contribution in [0.1, 0.15) is 6.42 Å². The molecule has 0 aliphatic rings. The van der Waals surface area contributed by atoms with E-state index in [4.69, 9.17) is 4.74 Å². The van der Waals surface area contributed by atoms with Gasteiger partial charge in [0.15, 0.2) is 5.65 Å². The van der Waals surface area contributed by atoms with Crippen LogP contribution in [-0.4, -0.2) is 46.9 Å². The van der Waals surface area contributed by atoms with E-state index in [1.807, 2.05) is 29.9 Å². The summed E-state index contributed by atoms with van der Waals surface area (Å²) >= 11 is 0. The fourth-order valence-electron chi connectivity index (χ4n) is 2.58. The molecule has 3 rings (SSSR count). The van der Waals surface area contributed by atoms with E-state index in [-0.39, 0.29) is 0 Å². The van der Waals surface area contributed by atoms with Crippen molar-refractivity contribution >= 4 is 11.0 Å². The summed E-state index contributed by atoms with van der Waals surface area (Å²) in [6, 6.07) is 12.1. The molecular weight excluding hydrogens is 288 g/mol. The molecule has 0 aliphatic heterocycles. The Balaban J connectivity index is 1.74. The minimum atomic E-state index is 0.730. The highest BCUT2D eigenvalue weighted by Gasteiger charge is 2.10. The standard InChI is InChI=1S/C18H22N4O/c1-21(2)12-5-13-23-15-9-7-14(8-10-15)17-16-6-4-11-19-18(16)22(3)20-17/h4,6-11H,5,12-13H2,1-3H3. The van der Waals surface area contributed by atoms with Crippen molar-refractivity contribution in [1.29, 1.82) is 0 Å². The molecule has 0 spiro atoms. The van der Waals surface area contributed by atoms with Crippen LogP contribution in [0.2, 0.25) is 0 Å².